The monoisotopic (exact) mass is 311 g/mol. The van der Waals surface area contributed by atoms with Crippen molar-refractivity contribution in [3.63, 3.8) is 0 Å². The molecule has 92 valence electrons. The van der Waals surface area contributed by atoms with Gasteiger partial charge in [-0.3, -0.25) is 0 Å². The van der Waals surface area contributed by atoms with E-state index in [2.05, 4.69) is 64.4 Å². The SMILES string of the molecule is CC(Br)CCN(C)Cc1csc2ccccc12. The smallest absolute Gasteiger partial charge is 0.0346 e. The molecule has 0 spiro atoms. The van der Waals surface area contributed by atoms with Crippen LogP contribution in [-0.4, -0.2) is 23.3 Å². The van der Waals surface area contributed by atoms with Gasteiger partial charge in [0.1, 0.15) is 0 Å². The maximum atomic E-state index is 3.60. The number of benzene rings is 1. The standard InChI is InChI=1S/C14H18BrNS/c1-11(15)7-8-16(2)9-12-10-17-14-6-4-3-5-13(12)14/h3-6,10-11H,7-9H2,1-2H3. The average Bonchev–Trinajstić information content (AvgIpc) is 2.70. The third-order valence-electron chi connectivity index (χ3n) is 2.91. The zero-order valence-corrected chi connectivity index (χ0v) is 12.7. The van der Waals surface area contributed by atoms with Crippen LogP contribution in [0.3, 0.4) is 0 Å². The van der Waals surface area contributed by atoms with Crippen LogP contribution in [0.5, 0.6) is 0 Å². The van der Waals surface area contributed by atoms with Crippen molar-refractivity contribution in [1.29, 1.82) is 0 Å². The second-order valence-corrected chi connectivity index (χ2v) is 7.04. The Balaban J connectivity index is 2.03. The highest BCUT2D eigenvalue weighted by atomic mass is 79.9. The molecule has 0 N–H and O–H groups in total. The molecule has 0 saturated carbocycles. The molecule has 0 bridgehead atoms. The van der Waals surface area contributed by atoms with E-state index in [9.17, 15) is 0 Å². The topological polar surface area (TPSA) is 3.24 Å². The number of hydrogen-bond acceptors (Lipinski definition) is 2. The van der Waals surface area contributed by atoms with Crippen LogP contribution < -0.4 is 0 Å². The molecule has 2 aromatic rings. The van der Waals surface area contributed by atoms with Crippen molar-refractivity contribution in [3.8, 4) is 0 Å². The molecule has 1 aromatic heterocycles. The van der Waals surface area contributed by atoms with Crippen molar-refractivity contribution in [3.05, 3.63) is 35.2 Å². The Labute approximate surface area is 116 Å². The zero-order chi connectivity index (χ0) is 12.3. The molecule has 0 aliphatic rings. The van der Waals surface area contributed by atoms with Gasteiger partial charge in [-0.2, -0.15) is 0 Å². The predicted octanol–water partition coefficient (Wildman–Crippen LogP) is 4.51. The summed E-state index contributed by atoms with van der Waals surface area (Å²) >= 11 is 5.44. The predicted molar refractivity (Wildman–Crippen MR) is 81.2 cm³/mol. The molecule has 17 heavy (non-hydrogen) atoms. The van der Waals surface area contributed by atoms with E-state index in [1.165, 1.54) is 22.1 Å². The van der Waals surface area contributed by atoms with Crippen molar-refractivity contribution in [1.82, 2.24) is 4.90 Å². The van der Waals surface area contributed by atoms with Gasteiger partial charge in [0.2, 0.25) is 0 Å². The summed E-state index contributed by atoms with van der Waals surface area (Å²) in [5.74, 6) is 0. The first-order valence-corrected chi connectivity index (χ1v) is 7.74. The van der Waals surface area contributed by atoms with Gasteiger partial charge in [0.15, 0.2) is 0 Å². The summed E-state index contributed by atoms with van der Waals surface area (Å²) in [6.07, 6.45) is 1.19. The number of halogens is 1. The van der Waals surface area contributed by atoms with E-state index in [-0.39, 0.29) is 0 Å². The lowest BCUT2D eigenvalue weighted by Crippen LogP contribution is -2.20. The lowest BCUT2D eigenvalue weighted by molar-refractivity contribution is 0.324. The Bertz CT molecular complexity index is 478. The molecular weight excluding hydrogens is 294 g/mol. The molecule has 0 radical (unpaired) electrons. The number of rotatable bonds is 5. The van der Waals surface area contributed by atoms with Gasteiger partial charge in [-0.25, -0.2) is 0 Å². The molecule has 0 aliphatic heterocycles. The fourth-order valence-corrected chi connectivity index (χ4v) is 3.08. The Morgan fingerprint density at radius 2 is 2.12 bits per heavy atom. The molecule has 3 heteroatoms. The first kappa shape index (κ1) is 13.1. The van der Waals surface area contributed by atoms with E-state index in [4.69, 9.17) is 0 Å². The van der Waals surface area contributed by atoms with Crippen molar-refractivity contribution in [2.75, 3.05) is 13.6 Å². The summed E-state index contributed by atoms with van der Waals surface area (Å²) in [6.45, 7) is 4.38. The minimum Gasteiger partial charge on any atom is -0.302 e. The van der Waals surface area contributed by atoms with Crippen molar-refractivity contribution >= 4 is 37.4 Å². The van der Waals surface area contributed by atoms with Crippen LogP contribution in [-0.2, 0) is 6.54 Å². The molecule has 1 unspecified atom stereocenters. The Morgan fingerprint density at radius 3 is 2.88 bits per heavy atom. The molecule has 0 amide bonds. The van der Waals surface area contributed by atoms with Crippen LogP contribution in [0.4, 0.5) is 0 Å². The fraction of sp³-hybridized carbons (Fsp3) is 0.429. The molecule has 0 saturated heterocycles. The van der Waals surface area contributed by atoms with E-state index >= 15 is 0 Å². The van der Waals surface area contributed by atoms with Crippen LogP contribution in [0.2, 0.25) is 0 Å². The first-order chi connectivity index (χ1) is 8.16. The van der Waals surface area contributed by atoms with Crippen LogP contribution in [0.15, 0.2) is 29.6 Å². The van der Waals surface area contributed by atoms with Crippen molar-refractivity contribution in [2.45, 2.75) is 24.7 Å². The van der Waals surface area contributed by atoms with Gasteiger partial charge in [-0.05, 0) is 42.4 Å². The molecule has 0 aliphatic carbocycles. The second-order valence-electron chi connectivity index (χ2n) is 4.56. The van der Waals surface area contributed by atoms with E-state index in [0.717, 1.165) is 13.1 Å². The van der Waals surface area contributed by atoms with Gasteiger partial charge in [0.25, 0.3) is 0 Å². The molecule has 2 rings (SSSR count). The summed E-state index contributed by atoms with van der Waals surface area (Å²) in [5.41, 5.74) is 1.45. The quantitative estimate of drug-likeness (QED) is 0.734. The van der Waals surface area contributed by atoms with E-state index in [1.807, 2.05) is 11.3 Å². The highest BCUT2D eigenvalue weighted by Crippen LogP contribution is 2.26. The lowest BCUT2D eigenvalue weighted by atomic mass is 10.1. The second kappa shape index (κ2) is 5.98. The molecular formula is C14H18BrNS. The van der Waals surface area contributed by atoms with Gasteiger partial charge >= 0.3 is 0 Å². The largest absolute Gasteiger partial charge is 0.302 e. The van der Waals surface area contributed by atoms with E-state index < -0.39 is 0 Å². The first-order valence-electron chi connectivity index (χ1n) is 5.94. The highest BCUT2D eigenvalue weighted by molar-refractivity contribution is 9.09. The summed E-state index contributed by atoms with van der Waals surface area (Å²) in [4.78, 5) is 3.00. The third-order valence-corrected chi connectivity index (χ3v) is 4.38. The minimum atomic E-state index is 0.601. The molecule has 0 fully saturated rings. The zero-order valence-electron chi connectivity index (χ0n) is 10.3. The van der Waals surface area contributed by atoms with E-state index in [1.54, 1.807) is 0 Å². The molecule has 1 aromatic carbocycles. The Kier molecular flexibility index (Phi) is 4.60. The highest BCUT2D eigenvalue weighted by Gasteiger charge is 2.07. The van der Waals surface area contributed by atoms with E-state index in [0.29, 0.717) is 4.83 Å². The van der Waals surface area contributed by atoms with Gasteiger partial charge in [0.05, 0.1) is 0 Å². The van der Waals surface area contributed by atoms with Crippen LogP contribution in [0.1, 0.15) is 18.9 Å². The van der Waals surface area contributed by atoms with Gasteiger partial charge in [0, 0.05) is 16.1 Å². The lowest BCUT2D eigenvalue weighted by Gasteiger charge is -2.16. The molecule has 1 nitrogen and oxygen atoms in total. The van der Waals surface area contributed by atoms with Crippen molar-refractivity contribution < 1.29 is 0 Å². The Morgan fingerprint density at radius 1 is 1.35 bits per heavy atom. The maximum absolute atomic E-state index is 3.60. The third kappa shape index (κ3) is 3.54. The number of fused-ring (bicyclic) bond motifs is 1. The van der Waals surface area contributed by atoms with Gasteiger partial charge in [-0.1, -0.05) is 41.1 Å². The number of thiophene rings is 1. The fourth-order valence-electron chi connectivity index (χ4n) is 1.92. The summed E-state index contributed by atoms with van der Waals surface area (Å²) < 4.78 is 1.39. The summed E-state index contributed by atoms with van der Waals surface area (Å²) in [6, 6.07) is 8.66. The number of alkyl halides is 1. The van der Waals surface area contributed by atoms with Crippen molar-refractivity contribution in [2.24, 2.45) is 0 Å². The minimum absolute atomic E-state index is 0.601. The summed E-state index contributed by atoms with van der Waals surface area (Å²) in [7, 11) is 2.20. The van der Waals surface area contributed by atoms with Crippen LogP contribution in [0.25, 0.3) is 10.1 Å². The normalized spacial score (nSPS) is 13.4. The average molecular weight is 312 g/mol. The van der Waals surface area contributed by atoms with Crippen LogP contribution in [0, 0.1) is 0 Å². The molecule has 1 atom stereocenters. The number of hydrogen-bond donors (Lipinski definition) is 0. The number of nitrogens with zero attached hydrogens (tertiary/aromatic N) is 1. The van der Waals surface area contributed by atoms with Gasteiger partial charge in [-0.15, -0.1) is 11.3 Å². The maximum Gasteiger partial charge on any atom is 0.0346 e. The Hall–Kier alpha value is -0.380. The van der Waals surface area contributed by atoms with Gasteiger partial charge < -0.3 is 4.90 Å². The van der Waals surface area contributed by atoms with Crippen LogP contribution >= 0.6 is 27.3 Å². The summed E-state index contributed by atoms with van der Waals surface area (Å²) in [5, 5.41) is 3.70. The molecule has 1 heterocycles.